The van der Waals surface area contributed by atoms with Crippen LogP contribution in [0.15, 0.2) is 0 Å². The first-order valence-corrected chi connectivity index (χ1v) is 18.1. The lowest BCUT2D eigenvalue weighted by Crippen LogP contribution is -2.05. The van der Waals surface area contributed by atoms with Gasteiger partial charge in [-0.3, -0.25) is 4.79 Å². The van der Waals surface area contributed by atoms with E-state index in [9.17, 15) is 4.79 Å². The van der Waals surface area contributed by atoms with Crippen LogP contribution in [0.4, 0.5) is 0 Å². The zero-order valence-electron chi connectivity index (χ0n) is 27.5. The van der Waals surface area contributed by atoms with E-state index < -0.39 is 0 Å². The molecule has 0 aromatic rings. The molecule has 0 amide bonds. The normalized spacial score (nSPS) is 10.9. The summed E-state index contributed by atoms with van der Waals surface area (Å²) in [6.07, 6.45) is 40.1. The van der Waals surface area contributed by atoms with Crippen molar-refractivity contribution in [2.75, 3.05) is 19.8 Å². The first kappa shape index (κ1) is 41.5. The van der Waals surface area contributed by atoms with E-state index in [1.807, 2.05) is 0 Å². The molecule has 0 saturated carbocycles. The standard InChI is InChI=1S/C34H68O2.C2H6O2/c1-3-5-7-9-11-13-15-17-19-20-22-24-26-28-30-32-34(35)36-33-31-29-27-25-23-21-18-16-14-12-10-8-6-4-2;3-1-2-4/h3-33H2,1-2H3;3-4H,1-2H2. The Bertz CT molecular complexity index is 403. The fraction of sp³-hybridized carbons (Fsp3) is 0.972. The third-order valence-electron chi connectivity index (χ3n) is 7.85. The van der Waals surface area contributed by atoms with E-state index >= 15 is 0 Å². The third kappa shape index (κ3) is 41.9. The Balaban J connectivity index is 0. The van der Waals surface area contributed by atoms with Gasteiger partial charge in [0, 0.05) is 6.42 Å². The zero-order valence-corrected chi connectivity index (χ0v) is 27.5. The molecule has 0 bridgehead atoms. The Morgan fingerprint density at radius 2 is 0.650 bits per heavy atom. The van der Waals surface area contributed by atoms with Crippen LogP contribution in [0.5, 0.6) is 0 Å². The largest absolute Gasteiger partial charge is 0.466 e. The summed E-state index contributed by atoms with van der Waals surface area (Å²) in [5.74, 6) is 0.0272. The number of rotatable bonds is 32. The van der Waals surface area contributed by atoms with Crippen molar-refractivity contribution in [3.05, 3.63) is 0 Å². The molecule has 0 rings (SSSR count). The highest BCUT2D eigenvalue weighted by molar-refractivity contribution is 5.69. The van der Waals surface area contributed by atoms with Crippen molar-refractivity contribution < 1.29 is 19.7 Å². The highest BCUT2D eigenvalue weighted by Crippen LogP contribution is 2.15. The Kier molecular flexibility index (Phi) is 42.1. The van der Waals surface area contributed by atoms with Crippen molar-refractivity contribution in [2.24, 2.45) is 0 Å². The summed E-state index contributed by atoms with van der Waals surface area (Å²) in [5.41, 5.74) is 0. The summed E-state index contributed by atoms with van der Waals surface area (Å²) in [4.78, 5) is 11.9. The Labute approximate surface area is 251 Å². The molecule has 2 N–H and O–H groups in total. The van der Waals surface area contributed by atoms with Crippen LogP contribution in [-0.2, 0) is 9.53 Å². The Hall–Kier alpha value is -0.610. The molecular formula is C36H74O4. The van der Waals surface area contributed by atoms with Crippen molar-refractivity contribution >= 4 is 5.97 Å². The maximum Gasteiger partial charge on any atom is 0.305 e. The number of carbonyl (C=O) groups is 1. The van der Waals surface area contributed by atoms with E-state index in [2.05, 4.69) is 13.8 Å². The van der Waals surface area contributed by atoms with Crippen LogP contribution in [-0.4, -0.2) is 36.0 Å². The number of hydrogen-bond donors (Lipinski definition) is 2. The molecular weight excluding hydrogens is 496 g/mol. The van der Waals surface area contributed by atoms with Gasteiger partial charge in [-0.25, -0.2) is 0 Å². The molecule has 0 unspecified atom stereocenters. The predicted molar refractivity (Wildman–Crippen MR) is 175 cm³/mol. The van der Waals surface area contributed by atoms with Gasteiger partial charge >= 0.3 is 5.97 Å². The molecule has 0 heterocycles. The van der Waals surface area contributed by atoms with Crippen LogP contribution in [0.3, 0.4) is 0 Å². The summed E-state index contributed by atoms with van der Waals surface area (Å²) in [5, 5.41) is 15.2. The second kappa shape index (κ2) is 40.5. The summed E-state index contributed by atoms with van der Waals surface area (Å²) >= 11 is 0. The van der Waals surface area contributed by atoms with Gasteiger partial charge in [-0.05, 0) is 12.8 Å². The van der Waals surface area contributed by atoms with Crippen molar-refractivity contribution in [2.45, 2.75) is 206 Å². The minimum absolute atomic E-state index is 0.0272. The Morgan fingerprint density at radius 3 is 0.925 bits per heavy atom. The molecule has 0 radical (unpaired) electrons. The van der Waals surface area contributed by atoms with Gasteiger partial charge in [0.25, 0.3) is 0 Å². The molecule has 0 aromatic heterocycles. The van der Waals surface area contributed by atoms with Crippen molar-refractivity contribution in [1.29, 1.82) is 0 Å². The van der Waals surface area contributed by atoms with Crippen LogP contribution in [0, 0.1) is 0 Å². The average Bonchev–Trinajstić information content (AvgIpc) is 2.97. The van der Waals surface area contributed by atoms with Gasteiger partial charge in [-0.1, -0.05) is 187 Å². The van der Waals surface area contributed by atoms with Gasteiger partial charge in [0.05, 0.1) is 19.8 Å². The zero-order chi connectivity index (χ0) is 29.6. The number of ether oxygens (including phenoxy) is 1. The summed E-state index contributed by atoms with van der Waals surface area (Å²) in [6, 6.07) is 0. The van der Waals surface area contributed by atoms with E-state index in [-0.39, 0.29) is 19.2 Å². The van der Waals surface area contributed by atoms with Crippen LogP contribution >= 0.6 is 0 Å². The molecule has 4 nitrogen and oxygen atoms in total. The minimum atomic E-state index is -0.125. The Morgan fingerprint density at radius 1 is 0.400 bits per heavy atom. The van der Waals surface area contributed by atoms with Crippen molar-refractivity contribution in [3.8, 4) is 0 Å². The summed E-state index contributed by atoms with van der Waals surface area (Å²) in [6.45, 7) is 4.96. The SMILES string of the molecule is CCCCCCCCCCCCCCCCCC(=O)OCCCCCCCCCCCCCCCC.OCCO. The molecule has 0 saturated heterocycles. The fourth-order valence-electron chi connectivity index (χ4n) is 5.20. The van der Waals surface area contributed by atoms with Gasteiger partial charge in [0.1, 0.15) is 0 Å². The second-order valence-corrected chi connectivity index (χ2v) is 12.0. The van der Waals surface area contributed by atoms with E-state index in [1.54, 1.807) is 0 Å². The summed E-state index contributed by atoms with van der Waals surface area (Å²) in [7, 11) is 0. The molecule has 4 heteroatoms. The average molecular weight is 571 g/mol. The first-order chi connectivity index (χ1) is 19.7. The molecule has 242 valence electrons. The number of esters is 1. The molecule has 0 aliphatic carbocycles. The smallest absolute Gasteiger partial charge is 0.305 e. The first-order valence-electron chi connectivity index (χ1n) is 18.1. The molecule has 40 heavy (non-hydrogen) atoms. The van der Waals surface area contributed by atoms with E-state index in [0.717, 1.165) is 12.8 Å². The highest BCUT2D eigenvalue weighted by atomic mass is 16.5. The third-order valence-corrected chi connectivity index (χ3v) is 7.85. The monoisotopic (exact) mass is 571 g/mol. The minimum Gasteiger partial charge on any atom is -0.466 e. The molecule has 0 aliphatic rings. The quantitative estimate of drug-likeness (QED) is 0.0623. The number of unbranched alkanes of at least 4 members (excludes halogenated alkanes) is 27. The maximum absolute atomic E-state index is 11.9. The van der Waals surface area contributed by atoms with E-state index in [1.165, 1.54) is 173 Å². The topological polar surface area (TPSA) is 66.8 Å². The van der Waals surface area contributed by atoms with Crippen molar-refractivity contribution in [1.82, 2.24) is 0 Å². The van der Waals surface area contributed by atoms with Crippen LogP contribution in [0.25, 0.3) is 0 Å². The molecule has 0 aliphatic heterocycles. The van der Waals surface area contributed by atoms with Crippen molar-refractivity contribution in [3.63, 3.8) is 0 Å². The maximum atomic E-state index is 11.9. The number of aliphatic hydroxyl groups is 2. The molecule has 0 atom stereocenters. The highest BCUT2D eigenvalue weighted by Gasteiger charge is 2.03. The van der Waals surface area contributed by atoms with Gasteiger partial charge in [0.2, 0.25) is 0 Å². The lowest BCUT2D eigenvalue weighted by molar-refractivity contribution is -0.143. The summed E-state index contributed by atoms with van der Waals surface area (Å²) < 4.78 is 5.43. The van der Waals surface area contributed by atoms with Gasteiger partial charge in [-0.15, -0.1) is 0 Å². The number of aliphatic hydroxyl groups excluding tert-OH is 2. The second-order valence-electron chi connectivity index (χ2n) is 12.0. The van der Waals surface area contributed by atoms with Gasteiger partial charge in [0.15, 0.2) is 0 Å². The van der Waals surface area contributed by atoms with Crippen LogP contribution in [0.1, 0.15) is 206 Å². The van der Waals surface area contributed by atoms with Crippen LogP contribution in [0.2, 0.25) is 0 Å². The number of hydrogen-bond acceptors (Lipinski definition) is 4. The lowest BCUT2D eigenvalue weighted by Gasteiger charge is -2.06. The van der Waals surface area contributed by atoms with E-state index in [0.29, 0.717) is 13.0 Å². The fourth-order valence-corrected chi connectivity index (χ4v) is 5.20. The van der Waals surface area contributed by atoms with Crippen LogP contribution < -0.4 is 0 Å². The molecule has 0 aromatic carbocycles. The predicted octanol–water partition coefficient (Wildman–Crippen LogP) is 11.2. The van der Waals surface area contributed by atoms with Gasteiger partial charge in [-0.2, -0.15) is 0 Å². The van der Waals surface area contributed by atoms with Gasteiger partial charge < -0.3 is 14.9 Å². The number of carbonyl (C=O) groups excluding carboxylic acids is 1. The molecule has 0 spiro atoms. The van der Waals surface area contributed by atoms with E-state index in [4.69, 9.17) is 14.9 Å². The lowest BCUT2D eigenvalue weighted by atomic mass is 10.0. The molecule has 0 fully saturated rings.